The summed E-state index contributed by atoms with van der Waals surface area (Å²) in [5.41, 5.74) is 0.722. The quantitative estimate of drug-likeness (QED) is 0.694. The van der Waals surface area contributed by atoms with Crippen LogP contribution in [0.5, 0.6) is 0 Å². The lowest BCUT2D eigenvalue weighted by molar-refractivity contribution is -0.117. The van der Waals surface area contributed by atoms with E-state index in [0.29, 0.717) is 19.6 Å². The predicted molar refractivity (Wildman–Crippen MR) is 95.1 cm³/mol. The van der Waals surface area contributed by atoms with Gasteiger partial charge in [-0.15, -0.1) is 0 Å². The minimum atomic E-state index is -3.09. The zero-order valence-corrected chi connectivity index (χ0v) is 15.3. The van der Waals surface area contributed by atoms with Crippen LogP contribution >= 0.6 is 0 Å². The van der Waals surface area contributed by atoms with E-state index in [2.05, 4.69) is 10.6 Å². The average Bonchev–Trinajstić information content (AvgIpc) is 2.40. The largest absolute Gasteiger partial charge is 0.351 e. The summed E-state index contributed by atoms with van der Waals surface area (Å²) in [5, 5.41) is 5.92. The van der Waals surface area contributed by atoms with Crippen LogP contribution in [0.4, 0.5) is 0 Å². The lowest BCUT2D eigenvalue weighted by Crippen LogP contribution is -2.37. The summed E-state index contributed by atoms with van der Waals surface area (Å²) in [4.78, 5) is 12.0. The number of amides is 1. The van der Waals surface area contributed by atoms with Crippen molar-refractivity contribution in [3.8, 4) is 0 Å². The monoisotopic (exact) mass is 342 g/mol. The molecule has 2 N–H and O–H groups in total. The molecule has 0 aromatic rings. The first-order valence-electron chi connectivity index (χ1n) is 8.32. The molecule has 0 aliphatic heterocycles. The fraction of sp³-hybridized carbons (Fsp3) is 0.706. The number of nitrogens with one attached hydrogen (secondary N) is 2. The molecule has 0 bridgehead atoms. The molecule has 0 aromatic heterocycles. The second-order valence-corrected chi connectivity index (χ2v) is 9.65. The van der Waals surface area contributed by atoms with Gasteiger partial charge in [0.25, 0.3) is 5.91 Å². The van der Waals surface area contributed by atoms with Crippen molar-refractivity contribution >= 4 is 15.7 Å². The minimum absolute atomic E-state index is 0.0627. The van der Waals surface area contributed by atoms with Crippen molar-refractivity contribution in [2.24, 2.45) is 0 Å². The Morgan fingerprint density at radius 2 is 1.83 bits per heavy atom. The third-order valence-electron chi connectivity index (χ3n) is 3.82. The summed E-state index contributed by atoms with van der Waals surface area (Å²) < 4.78 is 23.1. The molecule has 23 heavy (non-hydrogen) atoms. The summed E-state index contributed by atoms with van der Waals surface area (Å²) in [5.74, 6) is 0.0467. The predicted octanol–water partition coefficient (Wildman–Crippen LogP) is 1.96. The van der Waals surface area contributed by atoms with Gasteiger partial charge in [-0.2, -0.15) is 0 Å². The van der Waals surface area contributed by atoms with Crippen LogP contribution in [-0.2, 0) is 14.6 Å². The third-order valence-corrected chi connectivity index (χ3v) is 6.42. The lowest BCUT2D eigenvalue weighted by Gasteiger charge is -2.19. The van der Waals surface area contributed by atoms with Gasteiger partial charge in [0.05, 0.1) is 10.5 Å². The molecule has 5 nitrogen and oxygen atoms in total. The lowest BCUT2D eigenvalue weighted by atomic mass is 10.1. The number of allylic oxidation sites excluding steroid dienone is 2. The van der Waals surface area contributed by atoms with Crippen LogP contribution in [0.2, 0.25) is 0 Å². The molecule has 0 radical (unpaired) electrons. The second kappa shape index (κ2) is 9.23. The summed E-state index contributed by atoms with van der Waals surface area (Å²) in [6, 6.07) is 0. The van der Waals surface area contributed by atoms with E-state index in [1.54, 1.807) is 20.8 Å². The molecular formula is C17H30N2O3S. The van der Waals surface area contributed by atoms with E-state index in [-0.39, 0.29) is 11.7 Å². The first kappa shape index (κ1) is 19.9. The first-order valence-corrected chi connectivity index (χ1v) is 9.97. The van der Waals surface area contributed by atoms with Gasteiger partial charge < -0.3 is 10.6 Å². The van der Waals surface area contributed by atoms with Gasteiger partial charge >= 0.3 is 0 Å². The first-order chi connectivity index (χ1) is 10.7. The number of rotatable bonds is 7. The average molecular weight is 343 g/mol. The maximum absolute atomic E-state index is 12.0. The van der Waals surface area contributed by atoms with Crippen LogP contribution in [0, 0.1) is 0 Å². The van der Waals surface area contributed by atoms with Crippen molar-refractivity contribution in [3.05, 3.63) is 23.8 Å². The Hall–Kier alpha value is -1.14. The van der Waals surface area contributed by atoms with Gasteiger partial charge in [0.15, 0.2) is 9.84 Å². The van der Waals surface area contributed by atoms with E-state index >= 15 is 0 Å². The topological polar surface area (TPSA) is 75.3 Å². The molecule has 0 aromatic carbocycles. The van der Waals surface area contributed by atoms with Crippen LogP contribution in [-0.4, -0.2) is 44.5 Å². The van der Waals surface area contributed by atoms with Gasteiger partial charge in [-0.1, -0.05) is 18.2 Å². The van der Waals surface area contributed by atoms with Gasteiger partial charge in [0.2, 0.25) is 0 Å². The molecule has 0 unspecified atom stereocenters. The molecular weight excluding hydrogens is 312 g/mol. The van der Waals surface area contributed by atoms with Crippen molar-refractivity contribution in [2.75, 3.05) is 25.4 Å². The molecule has 0 saturated carbocycles. The Balaban J connectivity index is 2.23. The summed E-state index contributed by atoms with van der Waals surface area (Å²) in [7, 11) is -3.09. The number of hydrogen-bond donors (Lipinski definition) is 2. The molecule has 0 saturated heterocycles. The number of sulfone groups is 1. The van der Waals surface area contributed by atoms with Crippen LogP contribution in [0.1, 0.15) is 46.5 Å². The zero-order valence-electron chi connectivity index (χ0n) is 14.5. The maximum Gasteiger partial charge on any atom is 0.250 e. The van der Waals surface area contributed by atoms with Gasteiger partial charge in [-0.05, 0) is 46.5 Å². The van der Waals surface area contributed by atoms with Crippen molar-refractivity contribution in [2.45, 2.75) is 51.2 Å². The SMILES string of the molecule is CC(C)(C)S(=O)(=O)CCNCCNC(=O)C1=C/CCCC/C=C\1. The number of hydrogen-bond acceptors (Lipinski definition) is 4. The van der Waals surface area contributed by atoms with Crippen molar-refractivity contribution in [1.29, 1.82) is 0 Å². The van der Waals surface area contributed by atoms with E-state index in [1.807, 2.05) is 18.2 Å². The molecule has 0 fully saturated rings. The Morgan fingerprint density at radius 1 is 1.13 bits per heavy atom. The van der Waals surface area contributed by atoms with Crippen molar-refractivity contribution in [1.82, 2.24) is 10.6 Å². The minimum Gasteiger partial charge on any atom is -0.351 e. The number of carbonyl (C=O) groups excluding carboxylic acids is 1. The summed E-state index contributed by atoms with van der Waals surface area (Å²) in [6.07, 6.45) is 10.2. The highest BCUT2D eigenvalue weighted by molar-refractivity contribution is 7.92. The summed E-state index contributed by atoms with van der Waals surface area (Å²) in [6.45, 7) is 6.57. The second-order valence-electron chi connectivity index (χ2n) is 6.78. The van der Waals surface area contributed by atoms with E-state index in [1.165, 1.54) is 6.42 Å². The van der Waals surface area contributed by atoms with Gasteiger partial charge in [-0.3, -0.25) is 4.79 Å². The Kier molecular flexibility index (Phi) is 7.99. The third kappa shape index (κ3) is 7.31. The van der Waals surface area contributed by atoms with E-state index in [0.717, 1.165) is 24.8 Å². The molecule has 1 rings (SSSR count). The van der Waals surface area contributed by atoms with Crippen LogP contribution < -0.4 is 10.6 Å². The molecule has 0 heterocycles. The Morgan fingerprint density at radius 3 is 2.52 bits per heavy atom. The zero-order chi connectivity index (χ0) is 17.3. The molecule has 0 atom stereocenters. The normalized spacial score (nSPS) is 20.0. The fourth-order valence-electron chi connectivity index (χ4n) is 2.12. The highest BCUT2D eigenvalue weighted by Gasteiger charge is 2.27. The summed E-state index contributed by atoms with van der Waals surface area (Å²) >= 11 is 0. The van der Waals surface area contributed by atoms with E-state index < -0.39 is 14.6 Å². The van der Waals surface area contributed by atoms with Gasteiger partial charge in [-0.25, -0.2) is 8.42 Å². The van der Waals surface area contributed by atoms with Gasteiger partial charge in [0.1, 0.15) is 0 Å². The molecule has 1 amide bonds. The van der Waals surface area contributed by atoms with Crippen molar-refractivity contribution < 1.29 is 13.2 Å². The Bertz CT molecular complexity index is 543. The van der Waals surface area contributed by atoms with Crippen LogP contribution in [0.25, 0.3) is 0 Å². The van der Waals surface area contributed by atoms with Crippen LogP contribution in [0.3, 0.4) is 0 Å². The highest BCUT2D eigenvalue weighted by Crippen LogP contribution is 2.15. The highest BCUT2D eigenvalue weighted by atomic mass is 32.2. The fourth-order valence-corrected chi connectivity index (χ4v) is 3.14. The van der Waals surface area contributed by atoms with Crippen molar-refractivity contribution in [3.63, 3.8) is 0 Å². The number of carbonyl (C=O) groups is 1. The van der Waals surface area contributed by atoms with E-state index in [9.17, 15) is 13.2 Å². The van der Waals surface area contributed by atoms with Gasteiger partial charge in [0, 0.05) is 25.2 Å². The molecule has 132 valence electrons. The smallest absolute Gasteiger partial charge is 0.250 e. The molecule has 1 aliphatic rings. The molecule has 6 heteroatoms. The molecule has 0 spiro atoms. The maximum atomic E-state index is 12.0. The Labute approximate surface area is 140 Å². The van der Waals surface area contributed by atoms with Crippen LogP contribution in [0.15, 0.2) is 23.8 Å². The molecule has 1 aliphatic carbocycles. The standard InChI is InChI=1S/C17H30N2O3S/c1-17(2,3)23(21,22)14-13-18-11-12-19-16(20)15-9-7-5-4-6-8-10-15/h7,9-10,18H,4-6,8,11-14H2,1-3H3,(H,19,20)/b9-7-,15-10+. The van der Waals surface area contributed by atoms with E-state index in [4.69, 9.17) is 0 Å².